The summed E-state index contributed by atoms with van der Waals surface area (Å²) >= 11 is 0. The molecule has 2 rings (SSSR count). The molecule has 0 aromatic carbocycles. The number of ether oxygens (including phenoxy) is 1. The third-order valence-electron chi connectivity index (χ3n) is 3.53. The van der Waals surface area contributed by atoms with Gasteiger partial charge in [-0.25, -0.2) is 9.97 Å². The third-order valence-corrected chi connectivity index (χ3v) is 3.53. The molecule has 0 saturated heterocycles. The lowest BCUT2D eigenvalue weighted by atomic mass is 9.78. The highest BCUT2D eigenvalue weighted by atomic mass is 16.5. The van der Waals surface area contributed by atoms with Crippen LogP contribution in [-0.4, -0.2) is 35.3 Å². The van der Waals surface area contributed by atoms with Gasteiger partial charge in [0, 0.05) is 37.4 Å². The van der Waals surface area contributed by atoms with Gasteiger partial charge in [0.15, 0.2) is 0 Å². The molecule has 1 fully saturated rings. The SMILES string of the molecule is COC(C)(C)CNc1cc(C2CC(N)C2)ncn1. The maximum atomic E-state index is 5.80. The summed E-state index contributed by atoms with van der Waals surface area (Å²) < 4.78 is 5.36. The van der Waals surface area contributed by atoms with Crippen molar-refractivity contribution in [3.05, 3.63) is 18.1 Å². The van der Waals surface area contributed by atoms with E-state index in [2.05, 4.69) is 15.3 Å². The van der Waals surface area contributed by atoms with Gasteiger partial charge in [0.25, 0.3) is 0 Å². The molecule has 18 heavy (non-hydrogen) atoms. The Kier molecular flexibility index (Phi) is 3.82. The van der Waals surface area contributed by atoms with Crippen molar-refractivity contribution in [3.63, 3.8) is 0 Å². The summed E-state index contributed by atoms with van der Waals surface area (Å²) in [5.41, 5.74) is 6.69. The van der Waals surface area contributed by atoms with E-state index in [1.54, 1.807) is 13.4 Å². The second-order valence-electron chi connectivity index (χ2n) is 5.57. The van der Waals surface area contributed by atoms with Crippen molar-refractivity contribution >= 4 is 5.82 Å². The number of nitrogens with two attached hydrogens (primary N) is 1. The average Bonchev–Trinajstić information content (AvgIpc) is 2.33. The van der Waals surface area contributed by atoms with Crippen LogP contribution in [0.15, 0.2) is 12.4 Å². The predicted octanol–water partition coefficient (Wildman–Crippen LogP) is 1.52. The quantitative estimate of drug-likeness (QED) is 0.829. The minimum Gasteiger partial charge on any atom is -0.377 e. The first-order valence-corrected chi connectivity index (χ1v) is 6.37. The smallest absolute Gasteiger partial charge is 0.129 e. The van der Waals surface area contributed by atoms with Gasteiger partial charge in [-0.1, -0.05) is 0 Å². The van der Waals surface area contributed by atoms with Crippen molar-refractivity contribution in [1.29, 1.82) is 0 Å². The van der Waals surface area contributed by atoms with Gasteiger partial charge in [-0.3, -0.25) is 0 Å². The molecule has 0 radical (unpaired) electrons. The van der Waals surface area contributed by atoms with Crippen LogP contribution in [0.3, 0.4) is 0 Å². The molecule has 100 valence electrons. The van der Waals surface area contributed by atoms with Gasteiger partial charge in [0.1, 0.15) is 12.1 Å². The number of hydrogen-bond donors (Lipinski definition) is 2. The van der Waals surface area contributed by atoms with Crippen molar-refractivity contribution in [1.82, 2.24) is 9.97 Å². The first kappa shape index (κ1) is 13.2. The maximum absolute atomic E-state index is 5.80. The van der Waals surface area contributed by atoms with Crippen LogP contribution < -0.4 is 11.1 Å². The second kappa shape index (κ2) is 5.20. The molecule has 5 heteroatoms. The van der Waals surface area contributed by atoms with Crippen molar-refractivity contribution < 1.29 is 4.74 Å². The second-order valence-corrected chi connectivity index (χ2v) is 5.57. The Balaban J connectivity index is 1.95. The Bertz CT molecular complexity index is 402. The zero-order valence-corrected chi connectivity index (χ0v) is 11.3. The predicted molar refractivity (Wildman–Crippen MR) is 71.6 cm³/mol. The van der Waals surface area contributed by atoms with Crippen molar-refractivity contribution in [2.75, 3.05) is 19.0 Å². The van der Waals surface area contributed by atoms with Crippen molar-refractivity contribution in [2.24, 2.45) is 5.73 Å². The monoisotopic (exact) mass is 250 g/mol. The lowest BCUT2D eigenvalue weighted by molar-refractivity contribution is 0.0343. The Morgan fingerprint density at radius 1 is 1.44 bits per heavy atom. The summed E-state index contributed by atoms with van der Waals surface area (Å²) in [4.78, 5) is 8.55. The van der Waals surface area contributed by atoms with E-state index < -0.39 is 0 Å². The lowest BCUT2D eigenvalue weighted by Gasteiger charge is -2.32. The molecule has 0 aliphatic heterocycles. The van der Waals surface area contributed by atoms with E-state index in [0.717, 1.165) is 24.4 Å². The first-order valence-electron chi connectivity index (χ1n) is 6.37. The highest BCUT2D eigenvalue weighted by molar-refractivity contribution is 5.36. The minimum atomic E-state index is -0.204. The Morgan fingerprint density at radius 2 is 2.17 bits per heavy atom. The fourth-order valence-electron chi connectivity index (χ4n) is 1.97. The van der Waals surface area contributed by atoms with Gasteiger partial charge in [0.05, 0.1) is 5.60 Å². The summed E-state index contributed by atoms with van der Waals surface area (Å²) in [6.45, 7) is 4.78. The van der Waals surface area contributed by atoms with E-state index in [9.17, 15) is 0 Å². The molecule has 1 saturated carbocycles. The van der Waals surface area contributed by atoms with Crippen LogP contribution in [0.25, 0.3) is 0 Å². The summed E-state index contributed by atoms with van der Waals surface area (Å²) in [5, 5.41) is 3.28. The fourth-order valence-corrected chi connectivity index (χ4v) is 1.97. The third kappa shape index (κ3) is 3.17. The van der Waals surface area contributed by atoms with Crippen molar-refractivity contribution in [2.45, 2.75) is 44.2 Å². The molecule has 1 aromatic heterocycles. The van der Waals surface area contributed by atoms with Gasteiger partial charge in [-0.15, -0.1) is 0 Å². The lowest BCUT2D eigenvalue weighted by Crippen LogP contribution is -2.35. The van der Waals surface area contributed by atoms with E-state index in [-0.39, 0.29) is 5.60 Å². The summed E-state index contributed by atoms with van der Waals surface area (Å²) in [6, 6.07) is 2.36. The number of rotatable bonds is 5. The molecule has 1 aliphatic rings. The summed E-state index contributed by atoms with van der Waals surface area (Å²) in [7, 11) is 1.71. The van der Waals surface area contributed by atoms with Crippen LogP contribution in [0, 0.1) is 0 Å². The zero-order chi connectivity index (χ0) is 13.2. The highest BCUT2D eigenvalue weighted by Gasteiger charge is 2.28. The molecule has 5 nitrogen and oxygen atoms in total. The number of nitrogens with one attached hydrogen (secondary N) is 1. The van der Waals surface area contributed by atoms with E-state index in [4.69, 9.17) is 10.5 Å². The Labute approximate surface area is 108 Å². The van der Waals surface area contributed by atoms with Crippen LogP contribution in [0.1, 0.15) is 38.3 Å². The van der Waals surface area contributed by atoms with Gasteiger partial charge >= 0.3 is 0 Å². The molecule has 0 unspecified atom stereocenters. The van der Waals surface area contributed by atoms with E-state index in [1.165, 1.54) is 0 Å². The average molecular weight is 250 g/mol. The number of anilines is 1. The molecule has 1 aromatic rings. The van der Waals surface area contributed by atoms with E-state index >= 15 is 0 Å². The molecule has 0 amide bonds. The number of aromatic nitrogens is 2. The van der Waals surface area contributed by atoms with Crippen LogP contribution >= 0.6 is 0 Å². The topological polar surface area (TPSA) is 73.1 Å². The standard InChI is InChI=1S/C13H22N4O/c1-13(2,18-3)7-15-12-6-11(16-8-17-12)9-4-10(14)5-9/h6,8-10H,4-5,7,14H2,1-3H3,(H,15,16,17). The van der Waals surface area contributed by atoms with E-state index in [0.29, 0.717) is 18.5 Å². The Hall–Kier alpha value is -1.20. The number of hydrogen-bond acceptors (Lipinski definition) is 5. The Morgan fingerprint density at radius 3 is 2.78 bits per heavy atom. The summed E-state index contributed by atoms with van der Waals surface area (Å²) in [6.07, 6.45) is 3.67. The molecule has 0 spiro atoms. The fraction of sp³-hybridized carbons (Fsp3) is 0.692. The molecular formula is C13H22N4O. The van der Waals surface area contributed by atoms with Gasteiger partial charge in [-0.2, -0.15) is 0 Å². The molecular weight excluding hydrogens is 228 g/mol. The zero-order valence-electron chi connectivity index (χ0n) is 11.3. The minimum absolute atomic E-state index is 0.204. The normalized spacial score (nSPS) is 23.6. The van der Waals surface area contributed by atoms with Gasteiger partial charge < -0.3 is 15.8 Å². The van der Waals surface area contributed by atoms with Gasteiger partial charge in [0.2, 0.25) is 0 Å². The van der Waals surface area contributed by atoms with Crippen LogP contribution in [-0.2, 0) is 4.74 Å². The molecule has 1 heterocycles. The maximum Gasteiger partial charge on any atom is 0.129 e. The van der Waals surface area contributed by atoms with E-state index in [1.807, 2.05) is 19.9 Å². The van der Waals surface area contributed by atoms with Gasteiger partial charge in [-0.05, 0) is 26.7 Å². The first-order chi connectivity index (χ1) is 8.50. The van der Waals surface area contributed by atoms with Crippen LogP contribution in [0.5, 0.6) is 0 Å². The molecule has 3 N–H and O–H groups in total. The molecule has 0 bridgehead atoms. The largest absolute Gasteiger partial charge is 0.377 e. The number of methoxy groups -OCH3 is 1. The molecule has 1 aliphatic carbocycles. The number of nitrogens with zero attached hydrogens (tertiary/aromatic N) is 2. The van der Waals surface area contributed by atoms with Crippen LogP contribution in [0.2, 0.25) is 0 Å². The van der Waals surface area contributed by atoms with Crippen molar-refractivity contribution in [3.8, 4) is 0 Å². The van der Waals surface area contributed by atoms with Crippen LogP contribution in [0.4, 0.5) is 5.82 Å². The highest BCUT2D eigenvalue weighted by Crippen LogP contribution is 2.34. The summed E-state index contributed by atoms with van der Waals surface area (Å²) in [5.74, 6) is 1.35. The molecule has 0 atom stereocenters.